The number of amides is 1. The molecule has 2 aliphatic carbocycles. The maximum atomic E-state index is 12.0. The number of carboxylic acids is 1. The van der Waals surface area contributed by atoms with Gasteiger partial charge in [0.1, 0.15) is 5.82 Å². The minimum absolute atomic E-state index is 0.0430. The Balaban J connectivity index is 1.67. The first-order valence-corrected chi connectivity index (χ1v) is 6.55. The van der Waals surface area contributed by atoms with Gasteiger partial charge in [-0.25, -0.2) is 4.98 Å². The van der Waals surface area contributed by atoms with Gasteiger partial charge in [-0.1, -0.05) is 0 Å². The van der Waals surface area contributed by atoms with Crippen LogP contribution in [0.3, 0.4) is 0 Å². The Morgan fingerprint density at radius 3 is 2.68 bits per heavy atom. The van der Waals surface area contributed by atoms with Crippen molar-refractivity contribution in [1.29, 1.82) is 0 Å². The molecular formula is C12H16N4O3. The van der Waals surface area contributed by atoms with E-state index in [0.717, 1.165) is 25.1 Å². The molecule has 0 saturated heterocycles. The highest BCUT2D eigenvalue weighted by Crippen LogP contribution is 2.38. The van der Waals surface area contributed by atoms with Gasteiger partial charge in [-0.2, -0.15) is 0 Å². The number of hydrogen-bond acceptors (Lipinski definition) is 4. The summed E-state index contributed by atoms with van der Waals surface area (Å²) in [6, 6.07) is 0. The van der Waals surface area contributed by atoms with Gasteiger partial charge in [0.05, 0.1) is 12.0 Å². The highest BCUT2D eigenvalue weighted by molar-refractivity contribution is 5.91. The van der Waals surface area contributed by atoms with Crippen LogP contribution >= 0.6 is 0 Å². The zero-order valence-electron chi connectivity index (χ0n) is 10.5. The van der Waals surface area contributed by atoms with Gasteiger partial charge in [-0.05, 0) is 32.1 Å². The van der Waals surface area contributed by atoms with Crippen molar-refractivity contribution in [3.05, 3.63) is 11.6 Å². The Kier molecular flexibility index (Phi) is 2.76. The fraction of sp³-hybridized carbons (Fsp3) is 0.667. The second-order valence-electron chi connectivity index (χ2n) is 5.48. The number of aromatic amines is 1. The first kappa shape index (κ1) is 12.1. The molecule has 1 heterocycles. The van der Waals surface area contributed by atoms with E-state index in [-0.39, 0.29) is 18.2 Å². The molecule has 0 bridgehead atoms. The quantitative estimate of drug-likeness (QED) is 0.729. The van der Waals surface area contributed by atoms with E-state index in [1.165, 1.54) is 0 Å². The predicted molar refractivity (Wildman–Crippen MR) is 64.7 cm³/mol. The van der Waals surface area contributed by atoms with Crippen LogP contribution in [0, 0.1) is 0 Å². The monoisotopic (exact) mass is 264 g/mol. The Morgan fingerprint density at radius 2 is 2.16 bits per heavy atom. The third kappa shape index (κ3) is 2.45. The molecule has 2 aliphatic rings. The third-order valence-corrected chi connectivity index (χ3v) is 3.85. The standard InChI is InChI=1S/C12H16N4O3/c17-8(18)6-12(4-1-5-12)14-11(19)10-13-9(15-16-10)7-2-3-7/h7H,1-6H2,(H,14,19)(H,17,18)(H,13,15,16). The number of aromatic nitrogens is 3. The summed E-state index contributed by atoms with van der Waals surface area (Å²) in [6.07, 6.45) is 4.46. The molecule has 7 heteroatoms. The van der Waals surface area contributed by atoms with Gasteiger partial charge in [0.2, 0.25) is 5.82 Å². The van der Waals surface area contributed by atoms with Crippen LogP contribution < -0.4 is 5.32 Å². The summed E-state index contributed by atoms with van der Waals surface area (Å²) in [5.41, 5.74) is -0.608. The maximum absolute atomic E-state index is 12.0. The van der Waals surface area contributed by atoms with Crippen molar-refractivity contribution in [3.8, 4) is 0 Å². The molecule has 0 unspecified atom stereocenters. The first-order valence-electron chi connectivity index (χ1n) is 6.55. The van der Waals surface area contributed by atoms with E-state index < -0.39 is 11.5 Å². The van der Waals surface area contributed by atoms with Crippen LogP contribution in [0.2, 0.25) is 0 Å². The van der Waals surface area contributed by atoms with E-state index in [4.69, 9.17) is 5.11 Å². The minimum atomic E-state index is -0.895. The molecule has 1 amide bonds. The fourth-order valence-corrected chi connectivity index (χ4v) is 2.45. The second-order valence-corrected chi connectivity index (χ2v) is 5.48. The summed E-state index contributed by atoms with van der Waals surface area (Å²) >= 11 is 0. The molecule has 0 aromatic carbocycles. The molecule has 102 valence electrons. The van der Waals surface area contributed by atoms with Crippen molar-refractivity contribution in [2.24, 2.45) is 0 Å². The van der Waals surface area contributed by atoms with Crippen LogP contribution in [0.1, 0.15) is 60.9 Å². The number of carboxylic acid groups (broad SMARTS) is 1. The van der Waals surface area contributed by atoms with Gasteiger partial charge in [0.25, 0.3) is 5.91 Å². The normalized spacial score (nSPS) is 20.6. The van der Waals surface area contributed by atoms with E-state index in [9.17, 15) is 9.59 Å². The number of rotatable bonds is 5. The molecule has 3 rings (SSSR count). The first-order chi connectivity index (χ1) is 9.08. The number of H-pyrrole nitrogens is 1. The van der Waals surface area contributed by atoms with E-state index in [0.29, 0.717) is 18.8 Å². The Bertz CT molecular complexity index is 517. The molecule has 0 atom stereocenters. The highest BCUT2D eigenvalue weighted by atomic mass is 16.4. The van der Waals surface area contributed by atoms with E-state index in [1.807, 2.05) is 0 Å². The number of carbonyl (C=O) groups is 2. The molecule has 3 N–H and O–H groups in total. The average Bonchev–Trinajstić information content (AvgIpc) is 3.03. The van der Waals surface area contributed by atoms with Crippen LogP contribution in [0.4, 0.5) is 0 Å². The largest absolute Gasteiger partial charge is 0.481 e. The van der Waals surface area contributed by atoms with E-state index in [1.54, 1.807) is 0 Å². The van der Waals surface area contributed by atoms with Crippen molar-refractivity contribution in [2.75, 3.05) is 0 Å². The second kappa shape index (κ2) is 4.32. The van der Waals surface area contributed by atoms with Crippen LogP contribution in [-0.2, 0) is 4.79 Å². The number of nitrogens with zero attached hydrogens (tertiary/aromatic N) is 2. The molecule has 2 saturated carbocycles. The lowest BCUT2D eigenvalue weighted by molar-refractivity contribution is -0.139. The van der Waals surface area contributed by atoms with Gasteiger partial charge in [0.15, 0.2) is 0 Å². The summed E-state index contributed by atoms with van der Waals surface area (Å²) in [7, 11) is 0. The Morgan fingerprint density at radius 1 is 1.42 bits per heavy atom. The summed E-state index contributed by atoms with van der Waals surface area (Å²) in [6.45, 7) is 0. The smallest absolute Gasteiger partial charge is 0.305 e. The molecular weight excluding hydrogens is 248 g/mol. The lowest BCUT2D eigenvalue weighted by Gasteiger charge is -2.41. The van der Waals surface area contributed by atoms with Crippen molar-refractivity contribution < 1.29 is 14.7 Å². The fourth-order valence-electron chi connectivity index (χ4n) is 2.45. The van der Waals surface area contributed by atoms with Gasteiger partial charge in [-0.3, -0.25) is 14.7 Å². The predicted octanol–water partition coefficient (Wildman–Crippen LogP) is 0.809. The van der Waals surface area contributed by atoms with Crippen LogP contribution in [0.25, 0.3) is 0 Å². The maximum Gasteiger partial charge on any atom is 0.305 e. The number of nitrogens with one attached hydrogen (secondary N) is 2. The lowest BCUT2D eigenvalue weighted by atomic mass is 9.74. The van der Waals surface area contributed by atoms with Crippen LogP contribution in [0.5, 0.6) is 0 Å². The van der Waals surface area contributed by atoms with Crippen LogP contribution in [0.15, 0.2) is 0 Å². The zero-order chi connectivity index (χ0) is 13.5. The van der Waals surface area contributed by atoms with Crippen molar-refractivity contribution in [1.82, 2.24) is 20.5 Å². The summed E-state index contributed by atoms with van der Waals surface area (Å²) < 4.78 is 0. The number of aliphatic carboxylic acids is 1. The molecule has 0 aliphatic heterocycles. The zero-order valence-corrected chi connectivity index (χ0v) is 10.5. The summed E-state index contributed by atoms with van der Waals surface area (Å²) in [5, 5.41) is 18.4. The molecule has 1 aromatic rings. The van der Waals surface area contributed by atoms with Gasteiger partial charge < -0.3 is 10.4 Å². The molecule has 0 radical (unpaired) electrons. The van der Waals surface area contributed by atoms with Crippen molar-refractivity contribution in [3.63, 3.8) is 0 Å². The molecule has 19 heavy (non-hydrogen) atoms. The number of hydrogen-bond donors (Lipinski definition) is 3. The Hall–Kier alpha value is -1.92. The average molecular weight is 264 g/mol. The Labute approximate surface area is 109 Å². The van der Waals surface area contributed by atoms with E-state index >= 15 is 0 Å². The van der Waals surface area contributed by atoms with E-state index in [2.05, 4.69) is 20.5 Å². The molecule has 1 aromatic heterocycles. The molecule has 7 nitrogen and oxygen atoms in total. The summed E-state index contributed by atoms with van der Waals surface area (Å²) in [5.74, 6) is -0.00639. The minimum Gasteiger partial charge on any atom is -0.481 e. The van der Waals surface area contributed by atoms with Crippen LogP contribution in [-0.4, -0.2) is 37.7 Å². The number of carbonyl (C=O) groups excluding carboxylic acids is 1. The lowest BCUT2D eigenvalue weighted by Crippen LogP contribution is -2.54. The highest BCUT2D eigenvalue weighted by Gasteiger charge is 2.41. The summed E-state index contributed by atoms with van der Waals surface area (Å²) in [4.78, 5) is 27.0. The topological polar surface area (TPSA) is 108 Å². The van der Waals surface area contributed by atoms with Crippen molar-refractivity contribution in [2.45, 2.75) is 50.0 Å². The third-order valence-electron chi connectivity index (χ3n) is 3.85. The SMILES string of the molecule is O=C(O)CC1(NC(=O)c2n[nH]c(C3CC3)n2)CCC1. The van der Waals surface area contributed by atoms with Crippen molar-refractivity contribution >= 4 is 11.9 Å². The molecule has 2 fully saturated rings. The van der Waals surface area contributed by atoms with Gasteiger partial charge in [0, 0.05) is 5.92 Å². The van der Waals surface area contributed by atoms with Gasteiger partial charge >= 0.3 is 5.97 Å². The van der Waals surface area contributed by atoms with Gasteiger partial charge in [-0.15, -0.1) is 5.10 Å². The molecule has 0 spiro atoms.